The molecule has 0 bridgehead atoms. The molecule has 18 nitrogen and oxygen atoms in total. The molecule has 0 fully saturated rings. The van der Waals surface area contributed by atoms with Gasteiger partial charge < -0.3 is 28.4 Å². The van der Waals surface area contributed by atoms with Crippen molar-refractivity contribution in [2.45, 2.75) is 310 Å². The Morgan fingerprint density at radius 3 is 0.578 bits per heavy atom. The number of rotatable bonds is 66. The van der Waals surface area contributed by atoms with Crippen molar-refractivity contribution in [2.75, 3.05) is 74.2 Å². The zero-order valence-corrected chi connectivity index (χ0v) is 58.9. The fraction of sp³-hybridized carbons (Fsp3) is 0.870. The van der Waals surface area contributed by atoms with Gasteiger partial charge in [-0.15, -0.1) is 0 Å². The molecule has 21 heteroatoms. The van der Waals surface area contributed by atoms with Gasteiger partial charge in [0.05, 0.1) is 78.0 Å². The van der Waals surface area contributed by atoms with Crippen LogP contribution in [0.15, 0.2) is 14.4 Å². The number of nitrogens with zero attached hydrogens (tertiary/aromatic N) is 3. The first-order valence-corrected chi connectivity index (χ1v) is 39.0. The van der Waals surface area contributed by atoms with Crippen LogP contribution in [0.1, 0.15) is 290 Å². The smallest absolute Gasteiger partial charge is 0.336 e. The van der Waals surface area contributed by atoms with Gasteiger partial charge in [-0.3, -0.25) is 28.8 Å². The molecular weight excluding hydrogens is 1210 g/mol. The van der Waals surface area contributed by atoms with E-state index in [-0.39, 0.29) is 76.3 Å². The zero-order chi connectivity index (χ0) is 65.6. The third-order valence-corrected chi connectivity index (χ3v) is 18.6. The molecule has 0 unspecified atom stereocenters. The SMILES string of the molecule is CCCCCCCCCCCCCCOC(=O)CCSCCC(=O)OCCn1c(=O)n(CCOC(=O)CCSCCC(=O)OCCCCCCCCCCCCCC)c(=O)n(CCOC(=O)CCSCCC(=O)OCCCCCCCCCCCCCC)c1=O. The van der Waals surface area contributed by atoms with Gasteiger partial charge in [-0.1, -0.05) is 233 Å². The third-order valence-electron chi connectivity index (χ3n) is 15.6. The third kappa shape index (κ3) is 50.8. The van der Waals surface area contributed by atoms with E-state index in [1.54, 1.807) is 0 Å². The molecule has 0 N–H and O–H groups in total. The summed E-state index contributed by atoms with van der Waals surface area (Å²) >= 11 is 4.21. The summed E-state index contributed by atoms with van der Waals surface area (Å²) in [5.41, 5.74) is -3.01. The molecule has 1 aromatic heterocycles. The number of aromatic nitrogens is 3. The molecule has 0 aliphatic heterocycles. The van der Waals surface area contributed by atoms with E-state index < -0.39 is 54.6 Å². The lowest BCUT2D eigenvalue weighted by atomic mass is 10.1. The van der Waals surface area contributed by atoms with E-state index in [2.05, 4.69) is 20.8 Å². The van der Waals surface area contributed by atoms with E-state index in [4.69, 9.17) is 28.4 Å². The Bertz CT molecular complexity index is 1890. The van der Waals surface area contributed by atoms with Crippen LogP contribution in [0.4, 0.5) is 0 Å². The van der Waals surface area contributed by atoms with Crippen LogP contribution in [-0.2, 0) is 76.8 Å². The van der Waals surface area contributed by atoms with Gasteiger partial charge in [-0.25, -0.2) is 28.1 Å². The Morgan fingerprint density at radius 2 is 0.400 bits per heavy atom. The minimum atomic E-state index is -1.00. The molecule has 0 saturated heterocycles. The standard InChI is InChI=1S/C69H123N3O15S3/c1-4-7-10-13-16-19-22-25-28-31-34-37-49-82-61(73)40-55-88-58-43-64(76)85-52-46-70-67(79)71(47-53-86-65(77)44-59-89-56-41-62(74)83-50-38-35-32-29-26-23-20-17-14-11-8-5-2)69(81)72(68(70)80)48-54-87-66(78)45-60-90-57-42-63(75)84-51-39-36-33-30-27-24-21-18-15-12-9-6-3/h4-60H2,1-3H3. The molecule has 1 rings (SSSR count). The largest absolute Gasteiger partial charge is 0.466 e. The van der Waals surface area contributed by atoms with Crippen LogP contribution in [0.5, 0.6) is 0 Å². The summed E-state index contributed by atoms with van der Waals surface area (Å²) in [5, 5.41) is 0. The molecule has 0 spiro atoms. The van der Waals surface area contributed by atoms with Crippen molar-refractivity contribution in [3.05, 3.63) is 31.5 Å². The second kappa shape index (κ2) is 62.7. The Morgan fingerprint density at radius 1 is 0.244 bits per heavy atom. The number of carbonyl (C=O) groups excluding carboxylic acids is 6. The number of esters is 6. The summed E-state index contributed by atoms with van der Waals surface area (Å²) in [4.78, 5) is 116. The first kappa shape index (κ1) is 84.3. The number of thioether (sulfide) groups is 3. The molecule has 90 heavy (non-hydrogen) atoms. The highest BCUT2D eigenvalue weighted by Crippen LogP contribution is 2.16. The number of unbranched alkanes of at least 4 members (excludes halogenated alkanes) is 33. The molecular formula is C69H123N3O15S3. The maximum absolute atomic E-state index is 13.7. The summed E-state index contributed by atoms with van der Waals surface area (Å²) in [6.45, 7) is 5.65. The predicted molar refractivity (Wildman–Crippen MR) is 368 cm³/mol. The molecule has 522 valence electrons. The highest BCUT2D eigenvalue weighted by Gasteiger charge is 2.18. The van der Waals surface area contributed by atoms with Crippen LogP contribution < -0.4 is 17.1 Å². The van der Waals surface area contributed by atoms with Crippen molar-refractivity contribution < 1.29 is 57.2 Å². The van der Waals surface area contributed by atoms with Gasteiger partial charge in [0.15, 0.2) is 0 Å². The highest BCUT2D eigenvalue weighted by atomic mass is 32.2. The second-order valence-electron chi connectivity index (χ2n) is 23.6. The minimum absolute atomic E-state index is 0.0170. The zero-order valence-electron chi connectivity index (χ0n) is 56.5. The lowest BCUT2D eigenvalue weighted by molar-refractivity contribution is -0.144. The van der Waals surface area contributed by atoms with Gasteiger partial charge >= 0.3 is 52.9 Å². The molecule has 0 atom stereocenters. The Labute approximate surface area is 554 Å². The molecule has 0 aromatic carbocycles. The summed E-state index contributed by atoms with van der Waals surface area (Å²) in [6.07, 6.45) is 44.9. The average molecular weight is 1330 g/mol. The quantitative estimate of drug-likeness (QED) is 0.0336. The fourth-order valence-corrected chi connectivity index (χ4v) is 12.5. The summed E-state index contributed by atoms with van der Waals surface area (Å²) in [5.74, 6) is -0.0244. The number of carbonyl (C=O) groups is 6. The van der Waals surface area contributed by atoms with Crippen molar-refractivity contribution in [3.8, 4) is 0 Å². The highest BCUT2D eigenvalue weighted by molar-refractivity contribution is 7.99. The van der Waals surface area contributed by atoms with Crippen molar-refractivity contribution in [2.24, 2.45) is 0 Å². The topological polar surface area (TPSA) is 224 Å². The van der Waals surface area contributed by atoms with Crippen molar-refractivity contribution in [1.82, 2.24) is 13.7 Å². The lowest BCUT2D eigenvalue weighted by Gasteiger charge is -2.14. The van der Waals surface area contributed by atoms with Crippen LogP contribution in [0.25, 0.3) is 0 Å². The van der Waals surface area contributed by atoms with Crippen LogP contribution in [0.2, 0.25) is 0 Å². The summed E-state index contributed by atoms with van der Waals surface area (Å²) in [6, 6.07) is 0. The predicted octanol–water partition coefficient (Wildman–Crippen LogP) is 15.1. The Balaban J connectivity index is 2.59. The van der Waals surface area contributed by atoms with Gasteiger partial charge in [0.2, 0.25) is 0 Å². The number of hydrogen-bond acceptors (Lipinski definition) is 18. The lowest BCUT2D eigenvalue weighted by Crippen LogP contribution is -2.55. The molecule has 1 heterocycles. The van der Waals surface area contributed by atoms with E-state index >= 15 is 0 Å². The number of hydrogen-bond donors (Lipinski definition) is 0. The fourth-order valence-electron chi connectivity index (χ4n) is 10.1. The molecule has 0 saturated carbocycles. The van der Waals surface area contributed by atoms with E-state index in [9.17, 15) is 43.2 Å². The Kier molecular flexibility index (Phi) is 58.7. The van der Waals surface area contributed by atoms with Gasteiger partial charge in [0.25, 0.3) is 0 Å². The van der Waals surface area contributed by atoms with Gasteiger partial charge in [0.1, 0.15) is 19.8 Å². The molecule has 0 radical (unpaired) electrons. The average Bonchev–Trinajstić information content (AvgIpc) is 1.05. The monoisotopic (exact) mass is 1330 g/mol. The maximum atomic E-state index is 13.7. The summed E-state index contributed by atoms with van der Waals surface area (Å²) < 4.78 is 34.5. The molecule has 0 aliphatic rings. The molecule has 1 aromatic rings. The van der Waals surface area contributed by atoms with Crippen LogP contribution in [0, 0.1) is 0 Å². The van der Waals surface area contributed by atoms with Gasteiger partial charge in [0, 0.05) is 34.5 Å². The first-order valence-electron chi connectivity index (χ1n) is 35.6. The van der Waals surface area contributed by atoms with E-state index in [0.29, 0.717) is 54.3 Å². The minimum Gasteiger partial charge on any atom is -0.466 e. The van der Waals surface area contributed by atoms with Gasteiger partial charge in [-0.05, 0) is 19.3 Å². The van der Waals surface area contributed by atoms with Gasteiger partial charge in [-0.2, -0.15) is 35.3 Å². The Hall–Kier alpha value is -3.72. The van der Waals surface area contributed by atoms with Crippen LogP contribution >= 0.6 is 35.3 Å². The number of ether oxygens (including phenoxy) is 6. The van der Waals surface area contributed by atoms with Crippen molar-refractivity contribution in [1.29, 1.82) is 0 Å². The summed E-state index contributed by atoms with van der Waals surface area (Å²) in [7, 11) is 0. The second-order valence-corrected chi connectivity index (χ2v) is 27.3. The van der Waals surface area contributed by atoms with Crippen molar-refractivity contribution in [3.63, 3.8) is 0 Å². The molecule has 0 amide bonds. The van der Waals surface area contributed by atoms with E-state index in [1.165, 1.54) is 209 Å². The molecule has 0 aliphatic carbocycles. The van der Waals surface area contributed by atoms with E-state index in [1.807, 2.05) is 0 Å². The first-order chi connectivity index (χ1) is 43.9. The van der Waals surface area contributed by atoms with Crippen LogP contribution in [-0.4, -0.2) is 124 Å². The van der Waals surface area contributed by atoms with Crippen LogP contribution in [0.3, 0.4) is 0 Å². The van der Waals surface area contributed by atoms with Crippen molar-refractivity contribution >= 4 is 71.1 Å². The normalized spacial score (nSPS) is 11.2. The van der Waals surface area contributed by atoms with E-state index in [0.717, 1.165) is 71.5 Å². The maximum Gasteiger partial charge on any atom is 0.336 e.